The minimum atomic E-state index is -0.415. The summed E-state index contributed by atoms with van der Waals surface area (Å²) >= 11 is 0. The van der Waals surface area contributed by atoms with E-state index in [0.717, 1.165) is 43.0 Å². The molecule has 0 unspecified atom stereocenters. The SMILES string of the molecule is CC[C@H](C)Nc1nc(C)cc(N2CCc3cc([C@H](C)O)ccc3C2)n1. The third kappa shape index (κ3) is 4.10. The third-order valence-corrected chi connectivity index (χ3v) is 4.88. The number of aromatic nitrogens is 2. The molecular formula is C20H28N4O. The van der Waals surface area contributed by atoms with Gasteiger partial charge in [-0.25, -0.2) is 4.98 Å². The molecule has 0 amide bonds. The number of aliphatic hydroxyl groups excluding tert-OH is 1. The topological polar surface area (TPSA) is 61.3 Å². The highest BCUT2D eigenvalue weighted by atomic mass is 16.3. The number of benzene rings is 1. The number of hydrogen-bond acceptors (Lipinski definition) is 5. The summed E-state index contributed by atoms with van der Waals surface area (Å²) in [5.41, 5.74) is 4.61. The van der Waals surface area contributed by atoms with Crippen LogP contribution in [0.15, 0.2) is 24.3 Å². The van der Waals surface area contributed by atoms with Crippen molar-refractivity contribution in [2.75, 3.05) is 16.8 Å². The molecule has 2 heterocycles. The number of nitrogens with one attached hydrogen (secondary N) is 1. The van der Waals surface area contributed by atoms with Crippen molar-refractivity contribution in [2.45, 2.75) is 59.2 Å². The van der Waals surface area contributed by atoms with Crippen molar-refractivity contribution in [3.63, 3.8) is 0 Å². The lowest BCUT2D eigenvalue weighted by Crippen LogP contribution is -2.31. The van der Waals surface area contributed by atoms with Crippen LogP contribution in [0.25, 0.3) is 0 Å². The van der Waals surface area contributed by atoms with E-state index in [0.29, 0.717) is 12.0 Å². The van der Waals surface area contributed by atoms with Crippen molar-refractivity contribution in [3.05, 3.63) is 46.6 Å². The fourth-order valence-corrected chi connectivity index (χ4v) is 3.13. The Balaban J connectivity index is 1.81. The van der Waals surface area contributed by atoms with E-state index >= 15 is 0 Å². The Morgan fingerprint density at radius 1 is 1.20 bits per heavy atom. The molecule has 1 aromatic carbocycles. The molecule has 0 saturated carbocycles. The Labute approximate surface area is 150 Å². The zero-order chi connectivity index (χ0) is 18.0. The number of hydrogen-bond donors (Lipinski definition) is 2. The molecule has 0 spiro atoms. The van der Waals surface area contributed by atoms with Gasteiger partial charge in [0.2, 0.25) is 5.95 Å². The molecule has 2 atom stereocenters. The van der Waals surface area contributed by atoms with Gasteiger partial charge in [-0.3, -0.25) is 0 Å². The highest BCUT2D eigenvalue weighted by Gasteiger charge is 2.19. The molecule has 3 rings (SSSR count). The van der Waals surface area contributed by atoms with Gasteiger partial charge < -0.3 is 15.3 Å². The summed E-state index contributed by atoms with van der Waals surface area (Å²) in [5, 5.41) is 13.1. The van der Waals surface area contributed by atoms with Gasteiger partial charge in [0.1, 0.15) is 5.82 Å². The maximum absolute atomic E-state index is 9.77. The van der Waals surface area contributed by atoms with E-state index in [1.165, 1.54) is 11.1 Å². The van der Waals surface area contributed by atoms with E-state index in [1.807, 2.05) is 19.9 Å². The standard InChI is InChI=1S/C20H28N4O/c1-5-13(2)21-20-22-14(3)10-19(23-20)24-9-8-17-11-16(15(4)25)6-7-18(17)12-24/h6-7,10-11,13,15,25H,5,8-9,12H2,1-4H3,(H,21,22,23)/t13-,15-/m0/s1. The third-order valence-electron chi connectivity index (χ3n) is 4.88. The number of nitrogens with zero attached hydrogens (tertiary/aromatic N) is 3. The number of anilines is 2. The molecule has 1 aliphatic rings. The second-order valence-electron chi connectivity index (χ2n) is 7.02. The van der Waals surface area contributed by atoms with Crippen LogP contribution in [-0.4, -0.2) is 27.7 Å². The van der Waals surface area contributed by atoms with Gasteiger partial charge in [-0.15, -0.1) is 0 Å². The molecule has 134 valence electrons. The van der Waals surface area contributed by atoms with Crippen molar-refractivity contribution in [1.29, 1.82) is 0 Å². The molecule has 2 aromatic rings. The van der Waals surface area contributed by atoms with E-state index in [1.54, 1.807) is 0 Å². The van der Waals surface area contributed by atoms with Gasteiger partial charge in [0.05, 0.1) is 6.10 Å². The monoisotopic (exact) mass is 340 g/mol. The van der Waals surface area contributed by atoms with Crippen LogP contribution in [0, 0.1) is 6.92 Å². The zero-order valence-corrected chi connectivity index (χ0v) is 15.6. The molecule has 0 aliphatic carbocycles. The second-order valence-corrected chi connectivity index (χ2v) is 7.02. The van der Waals surface area contributed by atoms with Crippen LogP contribution in [0.5, 0.6) is 0 Å². The Kier molecular flexibility index (Phi) is 5.23. The summed E-state index contributed by atoms with van der Waals surface area (Å²) in [4.78, 5) is 11.5. The minimum Gasteiger partial charge on any atom is -0.389 e. The van der Waals surface area contributed by atoms with Gasteiger partial charge in [-0.2, -0.15) is 4.98 Å². The van der Waals surface area contributed by atoms with Crippen molar-refractivity contribution >= 4 is 11.8 Å². The van der Waals surface area contributed by atoms with Gasteiger partial charge in [0.25, 0.3) is 0 Å². The van der Waals surface area contributed by atoms with Crippen LogP contribution in [0.3, 0.4) is 0 Å². The Hall–Kier alpha value is -2.14. The molecule has 5 nitrogen and oxygen atoms in total. The Morgan fingerprint density at radius 3 is 2.72 bits per heavy atom. The molecule has 5 heteroatoms. The average molecular weight is 340 g/mol. The molecular weight excluding hydrogens is 312 g/mol. The van der Waals surface area contributed by atoms with Crippen LogP contribution in [0.1, 0.15) is 55.7 Å². The number of aryl methyl sites for hydroxylation is 1. The van der Waals surface area contributed by atoms with E-state index in [-0.39, 0.29) is 0 Å². The van der Waals surface area contributed by atoms with Crippen molar-refractivity contribution in [3.8, 4) is 0 Å². The lowest BCUT2D eigenvalue weighted by Gasteiger charge is -2.30. The first-order chi connectivity index (χ1) is 12.0. The summed E-state index contributed by atoms with van der Waals surface area (Å²) in [6.45, 7) is 9.88. The van der Waals surface area contributed by atoms with E-state index < -0.39 is 6.10 Å². The lowest BCUT2D eigenvalue weighted by atomic mass is 9.96. The van der Waals surface area contributed by atoms with E-state index in [9.17, 15) is 5.11 Å². The normalized spacial score (nSPS) is 16.3. The molecule has 1 aliphatic heterocycles. The minimum absolute atomic E-state index is 0.357. The van der Waals surface area contributed by atoms with Crippen LogP contribution in [-0.2, 0) is 13.0 Å². The predicted molar refractivity (Wildman–Crippen MR) is 102 cm³/mol. The molecule has 2 N–H and O–H groups in total. The lowest BCUT2D eigenvalue weighted by molar-refractivity contribution is 0.199. The van der Waals surface area contributed by atoms with Crippen LogP contribution in [0.2, 0.25) is 0 Å². The van der Waals surface area contributed by atoms with Gasteiger partial charge in [0, 0.05) is 30.9 Å². The summed E-state index contributed by atoms with van der Waals surface area (Å²) in [6.07, 6.45) is 1.59. The largest absolute Gasteiger partial charge is 0.389 e. The first-order valence-electron chi connectivity index (χ1n) is 9.13. The first-order valence-corrected chi connectivity index (χ1v) is 9.13. The number of fused-ring (bicyclic) bond motifs is 1. The summed E-state index contributed by atoms with van der Waals surface area (Å²) in [7, 11) is 0. The highest BCUT2D eigenvalue weighted by molar-refractivity contribution is 5.48. The Morgan fingerprint density at radius 2 is 2.00 bits per heavy atom. The summed E-state index contributed by atoms with van der Waals surface area (Å²) in [5.74, 6) is 1.68. The fraction of sp³-hybridized carbons (Fsp3) is 0.500. The molecule has 0 fully saturated rings. The fourth-order valence-electron chi connectivity index (χ4n) is 3.13. The van der Waals surface area contributed by atoms with Gasteiger partial charge in [-0.05, 0) is 50.3 Å². The first kappa shape index (κ1) is 17.7. The Bertz CT molecular complexity index is 744. The van der Waals surface area contributed by atoms with Gasteiger partial charge >= 0.3 is 0 Å². The van der Waals surface area contributed by atoms with Crippen LogP contribution >= 0.6 is 0 Å². The summed E-state index contributed by atoms with van der Waals surface area (Å²) < 4.78 is 0. The quantitative estimate of drug-likeness (QED) is 0.871. The smallest absolute Gasteiger partial charge is 0.225 e. The highest BCUT2D eigenvalue weighted by Crippen LogP contribution is 2.26. The molecule has 0 bridgehead atoms. The van der Waals surface area contributed by atoms with E-state index in [4.69, 9.17) is 4.98 Å². The molecule has 0 saturated heterocycles. The van der Waals surface area contributed by atoms with Gasteiger partial charge in [-0.1, -0.05) is 25.1 Å². The van der Waals surface area contributed by atoms with Crippen molar-refractivity contribution in [1.82, 2.24) is 9.97 Å². The zero-order valence-electron chi connectivity index (χ0n) is 15.6. The van der Waals surface area contributed by atoms with Crippen LogP contribution < -0.4 is 10.2 Å². The number of aliphatic hydroxyl groups is 1. The molecule has 1 aromatic heterocycles. The maximum atomic E-state index is 9.77. The number of rotatable bonds is 5. The van der Waals surface area contributed by atoms with Crippen LogP contribution in [0.4, 0.5) is 11.8 Å². The average Bonchev–Trinajstić information content (AvgIpc) is 2.60. The van der Waals surface area contributed by atoms with Gasteiger partial charge in [0.15, 0.2) is 0 Å². The van der Waals surface area contributed by atoms with Crippen molar-refractivity contribution < 1.29 is 5.11 Å². The predicted octanol–water partition coefficient (Wildman–Crippen LogP) is 3.61. The van der Waals surface area contributed by atoms with Crippen molar-refractivity contribution in [2.24, 2.45) is 0 Å². The molecule has 25 heavy (non-hydrogen) atoms. The maximum Gasteiger partial charge on any atom is 0.225 e. The van der Waals surface area contributed by atoms with E-state index in [2.05, 4.69) is 47.2 Å². The second kappa shape index (κ2) is 7.40. The molecule has 0 radical (unpaired) electrons. The summed E-state index contributed by atoms with van der Waals surface area (Å²) in [6, 6.07) is 8.70.